The van der Waals surface area contributed by atoms with Crippen LogP contribution in [-0.4, -0.2) is 15.6 Å². The van der Waals surface area contributed by atoms with E-state index < -0.39 is 5.97 Å². The molecule has 2 aromatic rings. The molecule has 3 heteroatoms. The monoisotopic (exact) mass is 257 g/mol. The normalized spacial score (nSPS) is 10.9. The van der Waals surface area contributed by atoms with Gasteiger partial charge >= 0.3 is 5.97 Å². The summed E-state index contributed by atoms with van der Waals surface area (Å²) in [4.78, 5) is 11.3. The van der Waals surface area contributed by atoms with Crippen LogP contribution >= 0.6 is 0 Å². The first-order chi connectivity index (χ1) is 9.09. The van der Waals surface area contributed by atoms with E-state index >= 15 is 0 Å². The zero-order valence-corrected chi connectivity index (χ0v) is 11.3. The molecule has 1 heterocycles. The molecular weight excluding hydrogens is 238 g/mol. The van der Waals surface area contributed by atoms with Gasteiger partial charge in [-0.3, -0.25) is 0 Å². The number of carboxylic acids is 1. The first-order valence-electron chi connectivity index (χ1n) is 6.56. The highest BCUT2D eigenvalue weighted by Gasteiger charge is 2.16. The van der Waals surface area contributed by atoms with Crippen LogP contribution in [-0.2, 0) is 12.8 Å². The number of carboxylic acid groups (broad SMARTS) is 1. The zero-order valence-electron chi connectivity index (χ0n) is 11.3. The van der Waals surface area contributed by atoms with Crippen molar-refractivity contribution in [2.24, 2.45) is 0 Å². The topological polar surface area (TPSA) is 42.2 Å². The number of rotatable bonds is 5. The Morgan fingerprint density at radius 1 is 1.16 bits per heavy atom. The van der Waals surface area contributed by atoms with Crippen LogP contribution in [0.4, 0.5) is 0 Å². The summed E-state index contributed by atoms with van der Waals surface area (Å²) in [5.74, 6) is -0.845. The van der Waals surface area contributed by atoms with Crippen molar-refractivity contribution in [3.63, 3.8) is 0 Å². The summed E-state index contributed by atoms with van der Waals surface area (Å²) in [6, 6.07) is 12.1. The number of benzene rings is 1. The first kappa shape index (κ1) is 13.4. The fourth-order valence-corrected chi connectivity index (χ4v) is 2.33. The lowest BCUT2D eigenvalue weighted by Gasteiger charge is -2.14. The molecule has 0 aliphatic carbocycles. The van der Waals surface area contributed by atoms with Gasteiger partial charge in [-0.2, -0.15) is 0 Å². The minimum absolute atomic E-state index is 0.277. The average Bonchev–Trinajstić information content (AvgIpc) is 2.81. The van der Waals surface area contributed by atoms with Crippen LogP contribution in [0.15, 0.2) is 42.6 Å². The third-order valence-corrected chi connectivity index (χ3v) is 3.30. The summed E-state index contributed by atoms with van der Waals surface area (Å²) in [7, 11) is 0. The molecule has 0 amide bonds. The van der Waals surface area contributed by atoms with Crippen LogP contribution in [0.25, 0.3) is 0 Å². The number of aryl methyl sites for hydroxylation is 1. The number of hydrogen-bond donors (Lipinski definition) is 1. The maximum Gasteiger partial charge on any atom is 0.337 e. The molecule has 0 spiro atoms. The maximum absolute atomic E-state index is 11.3. The van der Waals surface area contributed by atoms with Gasteiger partial charge in [-0.15, -0.1) is 0 Å². The average molecular weight is 257 g/mol. The largest absolute Gasteiger partial charge is 0.478 e. The van der Waals surface area contributed by atoms with Gasteiger partial charge in [0.2, 0.25) is 0 Å². The van der Waals surface area contributed by atoms with E-state index in [2.05, 4.69) is 26.0 Å². The molecule has 0 aliphatic heterocycles. The van der Waals surface area contributed by atoms with Gasteiger partial charge in [0.15, 0.2) is 0 Å². The zero-order chi connectivity index (χ0) is 13.8. The lowest BCUT2D eigenvalue weighted by atomic mass is 10.1. The minimum Gasteiger partial charge on any atom is -0.478 e. The van der Waals surface area contributed by atoms with E-state index in [1.807, 2.05) is 29.0 Å². The van der Waals surface area contributed by atoms with Crippen molar-refractivity contribution >= 4 is 5.97 Å². The molecular formula is C16H19NO2. The summed E-state index contributed by atoms with van der Waals surface area (Å²) in [5.41, 5.74) is 2.56. The van der Waals surface area contributed by atoms with Gasteiger partial charge in [-0.1, -0.05) is 30.3 Å². The number of aromatic carboxylic acids is 1. The Bertz CT molecular complexity index is 555. The summed E-state index contributed by atoms with van der Waals surface area (Å²) < 4.78 is 2.05. The second kappa shape index (κ2) is 5.74. The van der Waals surface area contributed by atoms with E-state index in [4.69, 9.17) is 0 Å². The van der Waals surface area contributed by atoms with E-state index in [0.717, 1.165) is 18.5 Å². The van der Waals surface area contributed by atoms with Crippen molar-refractivity contribution in [2.45, 2.75) is 32.7 Å². The van der Waals surface area contributed by atoms with Gasteiger partial charge in [-0.05, 0) is 38.3 Å². The van der Waals surface area contributed by atoms with Gasteiger partial charge in [0, 0.05) is 17.9 Å². The van der Waals surface area contributed by atoms with E-state index in [1.54, 1.807) is 6.07 Å². The molecule has 0 atom stereocenters. The van der Waals surface area contributed by atoms with Crippen LogP contribution < -0.4 is 0 Å². The highest BCUT2D eigenvalue weighted by Crippen LogP contribution is 2.19. The van der Waals surface area contributed by atoms with Crippen LogP contribution in [0, 0.1) is 0 Å². The van der Waals surface area contributed by atoms with Crippen molar-refractivity contribution in [1.29, 1.82) is 0 Å². The lowest BCUT2D eigenvalue weighted by molar-refractivity contribution is 0.0695. The molecule has 3 nitrogen and oxygen atoms in total. The third-order valence-electron chi connectivity index (χ3n) is 3.30. The SMILES string of the molecule is CC(C)n1ccc(C(=O)O)c1CCc1ccccc1. The highest BCUT2D eigenvalue weighted by atomic mass is 16.4. The highest BCUT2D eigenvalue weighted by molar-refractivity contribution is 5.89. The molecule has 1 aromatic heterocycles. The second-order valence-corrected chi connectivity index (χ2v) is 4.97. The standard InChI is InChI=1S/C16H19NO2/c1-12(2)17-11-10-14(16(18)19)15(17)9-8-13-6-4-3-5-7-13/h3-7,10-12H,8-9H2,1-2H3,(H,18,19). The van der Waals surface area contributed by atoms with E-state index in [1.165, 1.54) is 5.56 Å². The van der Waals surface area contributed by atoms with E-state index in [9.17, 15) is 9.90 Å². The number of nitrogens with zero attached hydrogens (tertiary/aromatic N) is 1. The Hall–Kier alpha value is -2.03. The Morgan fingerprint density at radius 3 is 2.42 bits per heavy atom. The molecule has 0 bridgehead atoms. The molecule has 2 rings (SSSR count). The molecule has 0 unspecified atom stereocenters. The van der Waals surface area contributed by atoms with E-state index in [-0.39, 0.29) is 6.04 Å². The number of hydrogen-bond acceptors (Lipinski definition) is 1. The fourth-order valence-electron chi connectivity index (χ4n) is 2.33. The molecule has 0 saturated carbocycles. The lowest BCUT2D eigenvalue weighted by Crippen LogP contribution is -2.10. The number of aromatic nitrogens is 1. The quantitative estimate of drug-likeness (QED) is 0.890. The molecule has 1 N–H and O–H groups in total. The van der Waals surface area contributed by atoms with Gasteiger partial charge in [-0.25, -0.2) is 4.79 Å². The van der Waals surface area contributed by atoms with Crippen LogP contribution in [0.2, 0.25) is 0 Å². The molecule has 19 heavy (non-hydrogen) atoms. The Kier molecular flexibility index (Phi) is 4.05. The van der Waals surface area contributed by atoms with E-state index in [0.29, 0.717) is 5.56 Å². The molecule has 0 radical (unpaired) electrons. The molecule has 100 valence electrons. The van der Waals surface area contributed by atoms with Crippen molar-refractivity contribution < 1.29 is 9.90 Å². The summed E-state index contributed by atoms with van der Waals surface area (Å²) >= 11 is 0. The fraction of sp³-hybridized carbons (Fsp3) is 0.312. The van der Waals surface area contributed by atoms with Gasteiger partial charge < -0.3 is 9.67 Å². The summed E-state index contributed by atoms with van der Waals surface area (Å²) in [5, 5.41) is 9.24. The van der Waals surface area contributed by atoms with Gasteiger partial charge in [0.25, 0.3) is 0 Å². The molecule has 0 aliphatic rings. The Balaban J connectivity index is 2.23. The van der Waals surface area contributed by atoms with Crippen molar-refractivity contribution in [1.82, 2.24) is 4.57 Å². The minimum atomic E-state index is -0.845. The Morgan fingerprint density at radius 2 is 1.84 bits per heavy atom. The van der Waals surface area contributed by atoms with Crippen molar-refractivity contribution in [3.05, 3.63) is 59.4 Å². The van der Waals surface area contributed by atoms with Crippen molar-refractivity contribution in [2.75, 3.05) is 0 Å². The molecule has 1 aromatic carbocycles. The van der Waals surface area contributed by atoms with Crippen LogP contribution in [0.5, 0.6) is 0 Å². The molecule has 0 fully saturated rings. The van der Waals surface area contributed by atoms with Crippen LogP contribution in [0.3, 0.4) is 0 Å². The first-order valence-corrected chi connectivity index (χ1v) is 6.56. The number of carbonyl (C=O) groups is 1. The van der Waals surface area contributed by atoms with Gasteiger partial charge in [0.05, 0.1) is 5.56 Å². The van der Waals surface area contributed by atoms with Gasteiger partial charge in [0.1, 0.15) is 0 Å². The third kappa shape index (κ3) is 3.05. The molecule has 0 saturated heterocycles. The summed E-state index contributed by atoms with van der Waals surface area (Å²) in [6.45, 7) is 4.13. The van der Waals surface area contributed by atoms with Crippen molar-refractivity contribution in [3.8, 4) is 0 Å². The predicted octanol–water partition coefficient (Wildman–Crippen LogP) is 3.55. The Labute approximate surface area is 113 Å². The summed E-state index contributed by atoms with van der Waals surface area (Å²) in [6.07, 6.45) is 3.48. The smallest absolute Gasteiger partial charge is 0.337 e. The predicted molar refractivity (Wildman–Crippen MR) is 75.6 cm³/mol. The maximum atomic E-state index is 11.3. The van der Waals surface area contributed by atoms with Crippen LogP contribution in [0.1, 0.15) is 41.5 Å². The second-order valence-electron chi connectivity index (χ2n) is 4.97.